The predicted molar refractivity (Wildman–Crippen MR) is 44.8 cm³/mol. The molecule has 0 amide bonds. The first-order chi connectivity index (χ1) is 7.60. The number of hydrogen-bond acceptors (Lipinski definition) is 10. The van der Waals surface area contributed by atoms with E-state index < -0.39 is 44.8 Å². The molecule has 0 saturated heterocycles. The zero-order valence-corrected chi connectivity index (χ0v) is 10.6. The van der Waals surface area contributed by atoms with Crippen LogP contribution in [0, 0.1) is 0 Å². The van der Waals surface area contributed by atoms with Crippen LogP contribution in [0.5, 0.6) is 0 Å². The minimum Gasteiger partial charge on any atom is -0.780 e. The molecule has 12 heteroatoms. The SMILES string of the molecule is O=C(OP(=O)([O-])[O-])[C@H](O)[C@@H](O)[C@H](O)[C@H](O)CO.[Fe+2]. The molecule has 0 saturated carbocycles. The Labute approximate surface area is 112 Å². The Kier molecular flexibility index (Phi) is 9.21. The minimum absolute atomic E-state index is 0. The molecule has 0 rings (SSSR count). The van der Waals surface area contributed by atoms with E-state index in [1.807, 2.05) is 0 Å². The number of carbonyl (C=O) groups is 1. The maximum atomic E-state index is 10.8. The van der Waals surface area contributed by atoms with Gasteiger partial charge in [0.1, 0.15) is 26.1 Å². The number of aliphatic hydroxyl groups excluding tert-OH is 5. The second-order valence-electron chi connectivity index (χ2n) is 3.03. The van der Waals surface area contributed by atoms with Crippen molar-refractivity contribution in [3.05, 3.63) is 0 Å². The van der Waals surface area contributed by atoms with Crippen LogP contribution in [0.25, 0.3) is 0 Å². The van der Waals surface area contributed by atoms with Gasteiger partial charge in [-0.05, 0) is 0 Å². The Hall–Kier alpha value is -0.0605. The molecule has 0 aliphatic carbocycles. The Bertz CT molecular complexity index is 305. The fourth-order valence-corrected chi connectivity index (χ4v) is 1.15. The van der Waals surface area contributed by atoms with Gasteiger partial charge < -0.3 is 44.4 Å². The van der Waals surface area contributed by atoms with Gasteiger partial charge in [-0.15, -0.1) is 0 Å². The first kappa shape index (κ1) is 20.3. The Morgan fingerprint density at radius 3 is 1.94 bits per heavy atom. The second-order valence-corrected chi connectivity index (χ2v) is 4.11. The number of hydrogen-bond donors (Lipinski definition) is 5. The van der Waals surface area contributed by atoms with Gasteiger partial charge in [-0.2, -0.15) is 0 Å². The van der Waals surface area contributed by atoms with Crippen molar-refractivity contribution in [2.75, 3.05) is 6.61 Å². The van der Waals surface area contributed by atoms with Gasteiger partial charge in [0.25, 0.3) is 0 Å². The van der Waals surface area contributed by atoms with Crippen molar-refractivity contribution < 1.29 is 66.3 Å². The molecule has 18 heavy (non-hydrogen) atoms. The smallest absolute Gasteiger partial charge is 0.780 e. The number of phosphoric ester groups is 1. The second kappa shape index (κ2) is 8.18. The van der Waals surface area contributed by atoms with Gasteiger partial charge in [-0.3, -0.25) is 0 Å². The zero-order valence-electron chi connectivity index (χ0n) is 8.59. The molecule has 0 unspecified atom stereocenters. The molecule has 0 aromatic heterocycles. The van der Waals surface area contributed by atoms with Crippen LogP contribution < -0.4 is 9.79 Å². The van der Waals surface area contributed by atoms with Crippen LogP contribution in [0.4, 0.5) is 0 Å². The normalized spacial score (nSPS) is 18.2. The molecule has 4 atom stereocenters. The Balaban J connectivity index is 0. The third kappa shape index (κ3) is 6.76. The molecule has 0 spiro atoms. The molecule has 0 radical (unpaired) electrons. The maximum absolute atomic E-state index is 10.8. The largest absolute Gasteiger partial charge is 2.00 e. The maximum Gasteiger partial charge on any atom is 2.00 e. The molecule has 108 valence electrons. The van der Waals surface area contributed by atoms with Crippen molar-refractivity contribution in [2.45, 2.75) is 24.4 Å². The Morgan fingerprint density at radius 1 is 1.17 bits per heavy atom. The van der Waals surface area contributed by atoms with Crippen LogP contribution in [-0.4, -0.2) is 62.5 Å². The van der Waals surface area contributed by atoms with E-state index >= 15 is 0 Å². The third-order valence-corrected chi connectivity index (χ3v) is 2.10. The van der Waals surface area contributed by atoms with E-state index in [2.05, 4.69) is 4.52 Å². The molecular formula is C6H11FeO10P. The average molecular weight is 330 g/mol. The van der Waals surface area contributed by atoms with E-state index in [0.29, 0.717) is 0 Å². The van der Waals surface area contributed by atoms with Gasteiger partial charge in [0.2, 0.25) is 0 Å². The summed E-state index contributed by atoms with van der Waals surface area (Å²) >= 11 is 0. The molecule has 0 aromatic rings. The summed E-state index contributed by atoms with van der Waals surface area (Å²) in [6.07, 6.45) is -8.92. The van der Waals surface area contributed by atoms with Gasteiger partial charge in [0, 0.05) is 0 Å². The van der Waals surface area contributed by atoms with Crippen molar-refractivity contribution >= 4 is 13.8 Å². The molecule has 0 aliphatic heterocycles. The molecule has 0 aromatic carbocycles. The first-order valence-corrected chi connectivity index (χ1v) is 5.65. The standard InChI is InChI=1S/C6H13O10P.Fe/c7-1-2(8)3(9)4(10)5(11)6(12)16-17(13,14)15;/h2-5,7-11H,1H2,(H2,13,14,15);/q;+2/p-2/t2-,3-,4+,5-;/m1./s1. The van der Waals surface area contributed by atoms with Crippen molar-refractivity contribution in [3.63, 3.8) is 0 Å². The average Bonchev–Trinajstić information content (AvgIpc) is 2.22. The van der Waals surface area contributed by atoms with Crippen LogP contribution in [0.15, 0.2) is 0 Å². The molecule has 0 fully saturated rings. The van der Waals surface area contributed by atoms with Crippen molar-refractivity contribution in [3.8, 4) is 0 Å². The van der Waals surface area contributed by atoms with Gasteiger partial charge in [0.05, 0.1) is 6.61 Å². The van der Waals surface area contributed by atoms with E-state index in [0.717, 1.165) is 0 Å². The van der Waals surface area contributed by atoms with Crippen LogP contribution >= 0.6 is 7.82 Å². The molecule has 0 heterocycles. The monoisotopic (exact) mass is 330 g/mol. The number of aliphatic hydroxyl groups is 5. The zero-order chi connectivity index (χ0) is 13.8. The van der Waals surface area contributed by atoms with Crippen LogP contribution in [0.1, 0.15) is 0 Å². The molecule has 5 N–H and O–H groups in total. The van der Waals surface area contributed by atoms with Crippen LogP contribution in [-0.2, 0) is 31.0 Å². The minimum atomic E-state index is -5.69. The fourth-order valence-electron chi connectivity index (χ4n) is 0.826. The van der Waals surface area contributed by atoms with Crippen molar-refractivity contribution in [2.24, 2.45) is 0 Å². The quantitative estimate of drug-likeness (QED) is 0.232. The molecular weight excluding hydrogens is 319 g/mol. The fraction of sp³-hybridized carbons (Fsp3) is 0.833. The number of carbonyl (C=O) groups excluding carboxylic acids is 1. The number of phosphoric acid groups is 1. The van der Waals surface area contributed by atoms with Crippen LogP contribution in [0.2, 0.25) is 0 Å². The van der Waals surface area contributed by atoms with Crippen molar-refractivity contribution in [1.82, 2.24) is 0 Å². The molecule has 10 nitrogen and oxygen atoms in total. The molecule has 0 aliphatic rings. The van der Waals surface area contributed by atoms with E-state index in [-0.39, 0.29) is 17.1 Å². The Morgan fingerprint density at radius 2 is 1.61 bits per heavy atom. The summed E-state index contributed by atoms with van der Waals surface area (Å²) in [5, 5.41) is 44.4. The summed E-state index contributed by atoms with van der Waals surface area (Å²) in [5.74, 6) is -2.00. The summed E-state index contributed by atoms with van der Waals surface area (Å²) in [4.78, 5) is 30.8. The summed E-state index contributed by atoms with van der Waals surface area (Å²) in [6.45, 7) is -0.985. The van der Waals surface area contributed by atoms with E-state index in [1.165, 1.54) is 0 Å². The van der Waals surface area contributed by atoms with Gasteiger partial charge >= 0.3 is 23.0 Å². The summed E-state index contributed by atoms with van der Waals surface area (Å²) in [7, 11) is -5.69. The van der Waals surface area contributed by atoms with Crippen molar-refractivity contribution in [1.29, 1.82) is 0 Å². The van der Waals surface area contributed by atoms with Gasteiger partial charge in [-0.25, -0.2) is 4.79 Å². The summed E-state index contributed by atoms with van der Waals surface area (Å²) in [5.41, 5.74) is 0. The summed E-state index contributed by atoms with van der Waals surface area (Å²) in [6, 6.07) is 0. The van der Waals surface area contributed by atoms with E-state index in [9.17, 15) is 19.1 Å². The van der Waals surface area contributed by atoms with E-state index in [4.69, 9.17) is 25.5 Å². The topological polar surface area (TPSA) is 191 Å². The third-order valence-electron chi connectivity index (χ3n) is 1.70. The number of rotatable bonds is 6. The van der Waals surface area contributed by atoms with Crippen LogP contribution in [0.3, 0.4) is 0 Å². The van der Waals surface area contributed by atoms with Gasteiger partial charge in [0.15, 0.2) is 6.10 Å². The predicted octanol–water partition coefficient (Wildman–Crippen LogP) is -5.21. The van der Waals surface area contributed by atoms with Gasteiger partial charge in [-0.1, -0.05) is 0 Å². The summed E-state index contributed by atoms with van der Waals surface area (Å²) < 4.78 is 13.2. The van der Waals surface area contributed by atoms with E-state index in [1.54, 1.807) is 0 Å². The first-order valence-electron chi connectivity index (χ1n) is 4.18. The molecule has 0 bridgehead atoms.